The largest absolute Gasteiger partial charge is 0.394 e. The third-order valence-electron chi connectivity index (χ3n) is 4.44. The van der Waals surface area contributed by atoms with Crippen LogP contribution in [0.1, 0.15) is 26.7 Å². The molecule has 3 aliphatic rings. The Morgan fingerprint density at radius 3 is 2.72 bits per heavy atom. The molecular formula is C13H23NO4. The molecule has 3 heterocycles. The normalized spacial score (nSPS) is 40.3. The average molecular weight is 257 g/mol. The van der Waals surface area contributed by atoms with Crippen molar-refractivity contribution in [2.45, 2.75) is 43.9 Å². The van der Waals surface area contributed by atoms with Crippen molar-refractivity contribution in [1.29, 1.82) is 0 Å². The maximum atomic E-state index is 12.4. The van der Waals surface area contributed by atoms with Gasteiger partial charge in [0.25, 0.3) is 0 Å². The van der Waals surface area contributed by atoms with Crippen molar-refractivity contribution in [3.63, 3.8) is 0 Å². The van der Waals surface area contributed by atoms with Crippen LogP contribution in [0.25, 0.3) is 0 Å². The van der Waals surface area contributed by atoms with Gasteiger partial charge in [0.15, 0.2) is 5.78 Å². The van der Waals surface area contributed by atoms with E-state index in [2.05, 4.69) is 0 Å². The Labute approximate surface area is 108 Å². The van der Waals surface area contributed by atoms with Crippen LogP contribution in [0.3, 0.4) is 0 Å². The summed E-state index contributed by atoms with van der Waals surface area (Å²) < 4.78 is 5.16. The van der Waals surface area contributed by atoms with Gasteiger partial charge in [-0.25, -0.2) is 0 Å². The molecule has 0 aliphatic carbocycles. The van der Waals surface area contributed by atoms with Crippen molar-refractivity contribution in [3.05, 3.63) is 0 Å². The summed E-state index contributed by atoms with van der Waals surface area (Å²) in [6.07, 6.45) is 1.49. The van der Waals surface area contributed by atoms with Gasteiger partial charge in [-0.1, -0.05) is 0 Å². The Balaban J connectivity index is 2.37. The van der Waals surface area contributed by atoms with Crippen molar-refractivity contribution in [1.82, 2.24) is 4.90 Å². The Hall–Kier alpha value is -0.490. The van der Waals surface area contributed by atoms with Gasteiger partial charge in [-0.2, -0.15) is 0 Å². The molecule has 3 fully saturated rings. The number of carbonyl (C=O) groups excluding carboxylic acids is 1. The van der Waals surface area contributed by atoms with Crippen LogP contribution >= 0.6 is 0 Å². The first-order valence-corrected chi connectivity index (χ1v) is 6.50. The van der Waals surface area contributed by atoms with Gasteiger partial charge < -0.3 is 14.9 Å². The summed E-state index contributed by atoms with van der Waals surface area (Å²) in [6, 6.07) is -0.101. The molecule has 5 nitrogen and oxygen atoms in total. The molecular weight excluding hydrogens is 234 g/mol. The zero-order valence-corrected chi connectivity index (χ0v) is 11.3. The number of ether oxygens (including phenoxy) is 1. The molecule has 4 atom stereocenters. The predicted octanol–water partition coefficient (Wildman–Crippen LogP) is -0.202. The summed E-state index contributed by atoms with van der Waals surface area (Å²) in [5.74, 6) is 0.00678. The van der Waals surface area contributed by atoms with Crippen molar-refractivity contribution in [2.75, 3.05) is 26.9 Å². The van der Waals surface area contributed by atoms with Crippen LogP contribution in [0.2, 0.25) is 0 Å². The van der Waals surface area contributed by atoms with Gasteiger partial charge in [0.1, 0.15) is 5.54 Å². The molecule has 0 saturated carbocycles. The predicted molar refractivity (Wildman–Crippen MR) is 66.2 cm³/mol. The number of nitrogens with zero attached hydrogens (tertiary/aromatic N) is 1. The van der Waals surface area contributed by atoms with E-state index < -0.39 is 11.1 Å². The van der Waals surface area contributed by atoms with E-state index in [-0.39, 0.29) is 31.0 Å². The molecule has 0 radical (unpaired) electrons. The minimum absolute atomic E-state index is 0.0614. The van der Waals surface area contributed by atoms with E-state index in [0.717, 1.165) is 13.0 Å². The van der Waals surface area contributed by atoms with Crippen LogP contribution in [-0.2, 0) is 9.53 Å². The molecule has 3 rings (SSSR count). The van der Waals surface area contributed by atoms with Gasteiger partial charge in [0.05, 0.1) is 18.8 Å². The van der Waals surface area contributed by atoms with Gasteiger partial charge in [-0.15, -0.1) is 0 Å². The van der Waals surface area contributed by atoms with Crippen LogP contribution < -0.4 is 0 Å². The molecule has 0 aromatic heterocycles. The summed E-state index contributed by atoms with van der Waals surface area (Å²) >= 11 is 0. The molecule has 0 aromatic rings. The SMILES string of the molecule is COC[C@]1(CO)C(=O)[C@H]2CCN1[C@H](C(C)(C)O)C2. The first kappa shape index (κ1) is 13.9. The number of aliphatic hydroxyl groups excluding tert-OH is 1. The van der Waals surface area contributed by atoms with Crippen LogP contribution in [0.5, 0.6) is 0 Å². The average Bonchev–Trinajstić information content (AvgIpc) is 2.32. The Morgan fingerprint density at radius 2 is 2.22 bits per heavy atom. The highest BCUT2D eigenvalue weighted by Gasteiger charge is 2.58. The molecule has 5 heteroatoms. The number of Topliss-reactive ketones (excluding diaryl/α,β-unsaturated/α-hetero) is 1. The lowest BCUT2D eigenvalue weighted by Crippen LogP contribution is -2.75. The Morgan fingerprint density at radius 1 is 1.56 bits per heavy atom. The topological polar surface area (TPSA) is 70.0 Å². The number of hydrogen-bond donors (Lipinski definition) is 2. The van der Waals surface area contributed by atoms with Crippen LogP contribution in [0, 0.1) is 5.92 Å². The molecule has 0 aromatic carbocycles. The van der Waals surface area contributed by atoms with Crippen molar-refractivity contribution in [2.24, 2.45) is 5.92 Å². The van der Waals surface area contributed by atoms with E-state index in [9.17, 15) is 15.0 Å². The van der Waals surface area contributed by atoms with Gasteiger partial charge in [0, 0.05) is 25.6 Å². The second kappa shape index (κ2) is 4.56. The van der Waals surface area contributed by atoms with Gasteiger partial charge in [-0.3, -0.25) is 9.69 Å². The second-order valence-corrected chi connectivity index (χ2v) is 6.07. The third-order valence-corrected chi connectivity index (χ3v) is 4.44. The number of ketones is 1. The molecule has 18 heavy (non-hydrogen) atoms. The summed E-state index contributed by atoms with van der Waals surface area (Å²) in [4.78, 5) is 14.4. The first-order chi connectivity index (χ1) is 8.36. The molecule has 104 valence electrons. The molecule has 0 spiro atoms. The van der Waals surface area contributed by atoms with Crippen LogP contribution in [-0.4, -0.2) is 64.9 Å². The maximum absolute atomic E-state index is 12.4. The lowest BCUT2D eigenvalue weighted by molar-refractivity contribution is -0.181. The fraction of sp³-hybridized carbons (Fsp3) is 0.923. The quantitative estimate of drug-likeness (QED) is 0.730. The standard InChI is InChI=1S/C13H23NO4/c1-12(2,17)10-6-9-4-5-14(10)13(7-15,8-18-3)11(9)16/h9-10,15,17H,4-8H2,1-3H3/t9-,10-,13+/m0/s1. The highest BCUT2D eigenvalue weighted by atomic mass is 16.5. The summed E-state index contributed by atoms with van der Waals surface area (Å²) in [6.45, 7) is 4.19. The zero-order valence-electron chi connectivity index (χ0n) is 11.3. The lowest BCUT2D eigenvalue weighted by atomic mass is 9.68. The Bertz CT molecular complexity index is 338. The third kappa shape index (κ3) is 1.90. The number of fused-ring (bicyclic) bond motifs is 3. The number of aliphatic hydroxyl groups is 2. The zero-order chi connectivity index (χ0) is 13.6. The monoisotopic (exact) mass is 257 g/mol. The molecule has 2 N–H and O–H groups in total. The van der Waals surface area contributed by atoms with Gasteiger partial charge in [-0.05, 0) is 26.7 Å². The molecule has 0 amide bonds. The number of hydrogen-bond acceptors (Lipinski definition) is 5. The molecule has 1 unspecified atom stereocenters. The van der Waals surface area contributed by atoms with E-state index >= 15 is 0 Å². The van der Waals surface area contributed by atoms with Crippen molar-refractivity contribution < 1.29 is 19.7 Å². The molecule has 3 aliphatic heterocycles. The fourth-order valence-electron chi connectivity index (χ4n) is 3.51. The summed E-state index contributed by atoms with van der Waals surface area (Å²) in [5, 5.41) is 20.0. The smallest absolute Gasteiger partial charge is 0.161 e. The first-order valence-electron chi connectivity index (χ1n) is 6.50. The van der Waals surface area contributed by atoms with Gasteiger partial charge >= 0.3 is 0 Å². The summed E-state index contributed by atoms with van der Waals surface area (Å²) in [5.41, 5.74) is -1.84. The minimum Gasteiger partial charge on any atom is -0.394 e. The van der Waals surface area contributed by atoms with E-state index in [4.69, 9.17) is 4.74 Å². The van der Waals surface area contributed by atoms with E-state index in [0.29, 0.717) is 6.42 Å². The van der Waals surface area contributed by atoms with E-state index in [1.807, 2.05) is 4.90 Å². The Kier molecular flexibility index (Phi) is 3.53. The highest BCUT2D eigenvalue weighted by molar-refractivity contribution is 5.92. The number of rotatable bonds is 4. The molecule has 3 saturated heterocycles. The minimum atomic E-state index is -0.958. The van der Waals surface area contributed by atoms with E-state index in [1.165, 1.54) is 7.11 Å². The fourth-order valence-corrected chi connectivity index (χ4v) is 3.51. The number of methoxy groups -OCH3 is 1. The van der Waals surface area contributed by atoms with Crippen molar-refractivity contribution in [3.8, 4) is 0 Å². The lowest BCUT2D eigenvalue weighted by Gasteiger charge is -2.58. The molecule has 2 bridgehead atoms. The van der Waals surface area contributed by atoms with E-state index in [1.54, 1.807) is 13.8 Å². The van der Waals surface area contributed by atoms with Crippen LogP contribution in [0.15, 0.2) is 0 Å². The second-order valence-electron chi connectivity index (χ2n) is 6.07. The number of piperidine rings is 3. The van der Waals surface area contributed by atoms with Gasteiger partial charge in [0.2, 0.25) is 0 Å². The maximum Gasteiger partial charge on any atom is 0.161 e. The van der Waals surface area contributed by atoms with Crippen molar-refractivity contribution >= 4 is 5.78 Å². The highest BCUT2D eigenvalue weighted by Crippen LogP contribution is 2.43. The summed E-state index contributed by atoms with van der Waals surface area (Å²) in [7, 11) is 1.53. The van der Waals surface area contributed by atoms with Crippen LogP contribution in [0.4, 0.5) is 0 Å². The number of carbonyl (C=O) groups is 1.